The Morgan fingerprint density at radius 2 is 1.63 bits per heavy atom. The fraction of sp³-hybridized carbons (Fsp3) is 0.423. The average Bonchev–Trinajstić information content (AvgIpc) is 3.34. The first-order valence-electron chi connectivity index (χ1n) is 12.6. The van der Waals surface area contributed by atoms with E-state index in [1.54, 1.807) is 36.1 Å². The van der Waals surface area contributed by atoms with Crippen LogP contribution in [0.15, 0.2) is 42.5 Å². The SMILES string of the molecule is CC(c1ccccc1Cl)N(CCN)C(=O)c1nnn(Cc2cc(C(F)(F)F)cc(C(F)(F)F)c2)c1N1CCOCC1.Cl.Cl. The highest BCUT2D eigenvalue weighted by Gasteiger charge is 2.37. The molecule has 8 nitrogen and oxygen atoms in total. The van der Waals surface area contributed by atoms with E-state index in [1.807, 2.05) is 0 Å². The fourth-order valence-corrected chi connectivity index (χ4v) is 4.95. The number of anilines is 1. The zero-order chi connectivity index (χ0) is 29.9. The molecular weight excluding hydrogens is 649 g/mol. The van der Waals surface area contributed by atoms with Gasteiger partial charge in [-0.1, -0.05) is 35.0 Å². The summed E-state index contributed by atoms with van der Waals surface area (Å²) in [5.74, 6) is -0.423. The summed E-state index contributed by atoms with van der Waals surface area (Å²) in [7, 11) is 0. The minimum Gasteiger partial charge on any atom is -0.378 e. The Morgan fingerprint density at radius 3 is 2.16 bits per heavy atom. The van der Waals surface area contributed by atoms with Gasteiger partial charge in [0.2, 0.25) is 0 Å². The van der Waals surface area contributed by atoms with Crippen LogP contribution in [-0.4, -0.2) is 65.2 Å². The summed E-state index contributed by atoms with van der Waals surface area (Å²) in [5.41, 5.74) is 3.13. The van der Waals surface area contributed by atoms with Gasteiger partial charge in [-0.2, -0.15) is 26.3 Å². The number of alkyl halides is 6. The average molecular weight is 678 g/mol. The third-order valence-electron chi connectivity index (χ3n) is 6.66. The van der Waals surface area contributed by atoms with E-state index in [0.717, 1.165) is 4.68 Å². The second-order valence-corrected chi connectivity index (χ2v) is 9.82. The monoisotopic (exact) mass is 676 g/mol. The number of carbonyl (C=O) groups is 1. The van der Waals surface area contributed by atoms with Crippen molar-refractivity contribution in [2.75, 3.05) is 44.3 Å². The topological polar surface area (TPSA) is 89.5 Å². The largest absolute Gasteiger partial charge is 0.416 e. The van der Waals surface area contributed by atoms with Crippen molar-refractivity contribution in [2.45, 2.75) is 31.9 Å². The van der Waals surface area contributed by atoms with Crippen molar-refractivity contribution in [3.05, 3.63) is 75.4 Å². The minimum absolute atomic E-state index is 0. The number of aromatic nitrogens is 3. The van der Waals surface area contributed by atoms with Gasteiger partial charge in [0.05, 0.1) is 36.9 Å². The summed E-state index contributed by atoms with van der Waals surface area (Å²) in [4.78, 5) is 17.1. The minimum atomic E-state index is -5.01. The maximum atomic E-state index is 13.9. The zero-order valence-electron chi connectivity index (χ0n) is 22.7. The standard InChI is InChI=1S/C26H27ClF6N6O2.2ClH/c1-16(20-4-2-3-5-21(20)27)38(7-6-34)24(40)22-23(37-8-10-41-11-9-37)39(36-35-22)15-17-12-18(25(28,29)30)14-19(13-17)26(31,32)33;;/h2-5,12-14,16H,6-11,15,34H2,1H3;2*1H. The number of hydrogen-bond donors (Lipinski definition) is 1. The van der Waals surface area contributed by atoms with Crippen molar-refractivity contribution < 1.29 is 35.9 Å². The Morgan fingerprint density at radius 1 is 1.05 bits per heavy atom. The van der Waals surface area contributed by atoms with E-state index in [-0.39, 0.29) is 74.3 Å². The molecule has 1 aliphatic heterocycles. The quantitative estimate of drug-likeness (QED) is 0.301. The van der Waals surface area contributed by atoms with E-state index >= 15 is 0 Å². The number of benzene rings is 2. The van der Waals surface area contributed by atoms with Crippen LogP contribution in [-0.2, 0) is 23.6 Å². The van der Waals surface area contributed by atoms with Gasteiger partial charge in [-0.3, -0.25) is 4.79 Å². The van der Waals surface area contributed by atoms with E-state index in [9.17, 15) is 31.1 Å². The summed E-state index contributed by atoms with van der Waals surface area (Å²) in [6.45, 7) is 2.62. The molecule has 0 bridgehead atoms. The van der Waals surface area contributed by atoms with Crippen molar-refractivity contribution in [2.24, 2.45) is 5.73 Å². The molecule has 0 spiro atoms. The number of amides is 1. The molecule has 1 amide bonds. The molecule has 17 heteroatoms. The van der Waals surface area contributed by atoms with Crippen molar-refractivity contribution in [1.29, 1.82) is 0 Å². The summed E-state index contributed by atoms with van der Waals surface area (Å²) in [6, 6.07) is 7.72. The lowest BCUT2D eigenvalue weighted by Gasteiger charge is -2.32. The first-order valence-corrected chi connectivity index (χ1v) is 13.0. The van der Waals surface area contributed by atoms with Crippen molar-refractivity contribution in [3.63, 3.8) is 0 Å². The Kier molecular flexibility index (Phi) is 12.5. The third kappa shape index (κ3) is 8.44. The van der Waals surface area contributed by atoms with E-state index in [1.165, 1.54) is 4.90 Å². The summed E-state index contributed by atoms with van der Waals surface area (Å²) in [6.07, 6.45) is -10.0. The predicted octanol–water partition coefficient (Wildman–Crippen LogP) is 5.86. The molecule has 2 heterocycles. The third-order valence-corrected chi connectivity index (χ3v) is 7.00. The van der Waals surface area contributed by atoms with Gasteiger partial charge in [-0.25, -0.2) is 4.68 Å². The van der Waals surface area contributed by atoms with E-state index in [4.69, 9.17) is 22.1 Å². The number of rotatable bonds is 8. The molecule has 4 rings (SSSR count). The Hall–Kier alpha value is -2.78. The van der Waals surface area contributed by atoms with Crippen LogP contribution in [0.5, 0.6) is 0 Å². The van der Waals surface area contributed by atoms with Crippen molar-refractivity contribution in [3.8, 4) is 0 Å². The molecule has 238 valence electrons. The van der Waals surface area contributed by atoms with E-state index in [2.05, 4.69) is 10.3 Å². The molecule has 1 atom stereocenters. The number of halogens is 9. The molecule has 1 unspecified atom stereocenters. The highest BCUT2D eigenvalue weighted by atomic mass is 35.5. The number of nitrogens with two attached hydrogens (primary N) is 1. The number of ether oxygens (including phenoxy) is 1. The van der Waals surface area contributed by atoms with Crippen LogP contribution >= 0.6 is 36.4 Å². The van der Waals surface area contributed by atoms with Crippen LogP contribution in [0.2, 0.25) is 5.02 Å². The number of nitrogens with zero attached hydrogens (tertiary/aromatic N) is 5. The van der Waals surface area contributed by atoms with Gasteiger partial charge >= 0.3 is 12.4 Å². The molecule has 2 aromatic carbocycles. The molecule has 0 radical (unpaired) electrons. The summed E-state index contributed by atoms with van der Waals surface area (Å²) in [5, 5.41) is 8.48. The lowest BCUT2D eigenvalue weighted by atomic mass is 10.0. The van der Waals surface area contributed by atoms with Crippen molar-refractivity contribution >= 4 is 48.1 Å². The lowest BCUT2D eigenvalue weighted by Crippen LogP contribution is -2.41. The first-order chi connectivity index (χ1) is 19.3. The normalized spacial score (nSPS) is 14.5. The summed E-state index contributed by atoms with van der Waals surface area (Å²) < 4.78 is 87.3. The Labute approximate surface area is 260 Å². The fourth-order valence-electron chi connectivity index (χ4n) is 4.65. The molecule has 1 aliphatic rings. The molecule has 1 aromatic heterocycles. The van der Waals surface area contributed by atoms with Crippen LogP contribution < -0.4 is 10.6 Å². The Bertz CT molecular complexity index is 1350. The van der Waals surface area contributed by atoms with Gasteiger partial charge in [0.25, 0.3) is 5.91 Å². The van der Waals surface area contributed by atoms with Crippen LogP contribution in [0.3, 0.4) is 0 Å². The van der Waals surface area contributed by atoms with E-state index < -0.39 is 42.0 Å². The molecule has 0 aliphatic carbocycles. The highest BCUT2D eigenvalue weighted by Crippen LogP contribution is 2.37. The smallest absolute Gasteiger partial charge is 0.378 e. The summed E-state index contributed by atoms with van der Waals surface area (Å²) >= 11 is 6.37. The second kappa shape index (κ2) is 14.8. The molecule has 3 aromatic rings. The molecular formula is C26H29Cl3F6N6O2. The molecule has 1 fully saturated rings. The van der Waals surface area contributed by atoms with Crippen molar-refractivity contribution in [1.82, 2.24) is 19.9 Å². The van der Waals surface area contributed by atoms with Crippen LogP contribution in [0.25, 0.3) is 0 Å². The van der Waals surface area contributed by atoms with Gasteiger partial charge < -0.3 is 20.3 Å². The van der Waals surface area contributed by atoms with Gasteiger partial charge in [0.15, 0.2) is 11.5 Å². The molecule has 43 heavy (non-hydrogen) atoms. The number of hydrogen-bond acceptors (Lipinski definition) is 6. The molecule has 1 saturated heterocycles. The Balaban J connectivity index is 0.00000323. The lowest BCUT2D eigenvalue weighted by molar-refractivity contribution is -0.143. The first kappa shape index (κ1) is 36.4. The van der Waals surface area contributed by atoms with Gasteiger partial charge in [-0.05, 0) is 42.3 Å². The maximum absolute atomic E-state index is 13.9. The van der Waals surface area contributed by atoms with Crippen LogP contribution in [0.4, 0.5) is 32.2 Å². The van der Waals surface area contributed by atoms with Gasteiger partial charge in [-0.15, -0.1) is 29.9 Å². The maximum Gasteiger partial charge on any atom is 0.416 e. The number of carbonyl (C=O) groups excluding carboxylic acids is 1. The highest BCUT2D eigenvalue weighted by molar-refractivity contribution is 6.31. The van der Waals surface area contributed by atoms with Crippen LogP contribution in [0.1, 0.15) is 45.7 Å². The number of morpholine rings is 1. The predicted molar refractivity (Wildman–Crippen MR) is 153 cm³/mol. The van der Waals surface area contributed by atoms with E-state index in [0.29, 0.717) is 35.8 Å². The van der Waals surface area contributed by atoms with Gasteiger partial charge in [0, 0.05) is 31.2 Å². The second-order valence-electron chi connectivity index (χ2n) is 9.42. The zero-order valence-corrected chi connectivity index (χ0v) is 25.0. The van der Waals surface area contributed by atoms with Crippen LogP contribution in [0, 0.1) is 0 Å². The van der Waals surface area contributed by atoms with Gasteiger partial charge in [0.1, 0.15) is 0 Å². The molecule has 2 N–H and O–H groups in total. The molecule has 0 saturated carbocycles.